The van der Waals surface area contributed by atoms with Crippen LogP contribution in [0, 0.1) is 0 Å². The highest BCUT2D eigenvalue weighted by atomic mass is 16.6. The fourth-order valence-electron chi connectivity index (χ4n) is 9.89. The zero-order valence-electron chi connectivity index (χ0n) is 51.5. The molecule has 0 aliphatic carbocycles. The maximum atomic E-state index is 12.9. The summed E-state index contributed by atoms with van der Waals surface area (Å²) in [6.07, 6.45) is 83.8. The number of allylic oxidation sites excluding steroid dienone is 10. The Labute approximate surface area is 479 Å². The SMILES string of the molecule is CCCCC/C=C\C/C=C\CCCCCCCC(=O)OCC(COC(=O)CCCCCCCCCCCCCCCCCCCCCCCCC)OC(=O)CCCCCCCC/C=C\C/C=C\C/C=C\CCCCCCC. The molecule has 0 N–H and O–H groups in total. The van der Waals surface area contributed by atoms with Crippen molar-refractivity contribution in [2.75, 3.05) is 13.2 Å². The van der Waals surface area contributed by atoms with Gasteiger partial charge in [-0.3, -0.25) is 14.4 Å². The molecular formula is C71H128O6. The summed E-state index contributed by atoms with van der Waals surface area (Å²) in [5, 5.41) is 0. The normalized spacial score (nSPS) is 12.4. The van der Waals surface area contributed by atoms with E-state index in [0.29, 0.717) is 19.3 Å². The predicted octanol–water partition coefficient (Wildman–Crippen LogP) is 23.1. The van der Waals surface area contributed by atoms with Crippen LogP contribution in [0.15, 0.2) is 60.8 Å². The van der Waals surface area contributed by atoms with Crippen molar-refractivity contribution in [2.45, 2.75) is 361 Å². The van der Waals surface area contributed by atoms with Gasteiger partial charge in [-0.15, -0.1) is 0 Å². The molecular weight excluding hydrogens is 949 g/mol. The highest BCUT2D eigenvalue weighted by molar-refractivity contribution is 5.71. The summed E-state index contributed by atoms with van der Waals surface area (Å²) in [6.45, 7) is 6.64. The first-order valence-corrected chi connectivity index (χ1v) is 33.8. The lowest BCUT2D eigenvalue weighted by Gasteiger charge is -2.18. The van der Waals surface area contributed by atoms with E-state index in [1.165, 1.54) is 212 Å². The minimum absolute atomic E-state index is 0.0811. The van der Waals surface area contributed by atoms with Gasteiger partial charge in [-0.1, -0.05) is 306 Å². The number of hydrogen-bond donors (Lipinski definition) is 0. The van der Waals surface area contributed by atoms with Crippen LogP contribution in [0.25, 0.3) is 0 Å². The molecule has 0 heterocycles. The predicted molar refractivity (Wildman–Crippen MR) is 335 cm³/mol. The van der Waals surface area contributed by atoms with Gasteiger partial charge in [0.1, 0.15) is 13.2 Å². The minimum atomic E-state index is -0.787. The number of unbranched alkanes of at least 4 members (excludes halogenated alkanes) is 41. The van der Waals surface area contributed by atoms with Gasteiger partial charge < -0.3 is 14.2 Å². The molecule has 0 aromatic rings. The summed E-state index contributed by atoms with van der Waals surface area (Å²) in [4.78, 5) is 38.4. The Bertz CT molecular complexity index is 1380. The van der Waals surface area contributed by atoms with Gasteiger partial charge in [0.25, 0.3) is 0 Å². The van der Waals surface area contributed by atoms with Crippen LogP contribution in [0.5, 0.6) is 0 Å². The largest absolute Gasteiger partial charge is 0.462 e. The number of carbonyl (C=O) groups excluding carboxylic acids is 3. The standard InChI is InChI=1S/C71H128O6/c1-4-7-10-13-16-19-22-25-28-30-32-34-35-37-38-40-43-46-49-52-55-58-61-64-70(73)76-67-68(66-75-69(72)63-60-57-54-51-48-45-42-27-24-21-18-15-12-9-6-3)77-71(74)65-62-59-56-53-50-47-44-41-39-36-33-31-29-26-23-20-17-14-11-8-5-2/h18,21,23,26-27,31,33,39,41-42,68H,4-17,19-20,22,24-25,28-30,32,34-38,40,43-67H2,1-3H3/b21-18-,26-23-,33-31-,41-39-,42-27-. The average Bonchev–Trinajstić information content (AvgIpc) is 3.43. The maximum Gasteiger partial charge on any atom is 0.306 e. The summed E-state index contributed by atoms with van der Waals surface area (Å²) in [7, 11) is 0. The van der Waals surface area contributed by atoms with E-state index in [-0.39, 0.29) is 31.1 Å². The maximum absolute atomic E-state index is 12.9. The summed E-state index contributed by atoms with van der Waals surface area (Å²) in [5.41, 5.74) is 0. The zero-order valence-corrected chi connectivity index (χ0v) is 51.5. The van der Waals surface area contributed by atoms with Crippen LogP contribution >= 0.6 is 0 Å². The molecule has 0 radical (unpaired) electrons. The van der Waals surface area contributed by atoms with E-state index in [1.54, 1.807) is 0 Å². The molecule has 0 bridgehead atoms. The van der Waals surface area contributed by atoms with Crippen molar-refractivity contribution < 1.29 is 28.6 Å². The van der Waals surface area contributed by atoms with Crippen molar-refractivity contribution in [2.24, 2.45) is 0 Å². The summed E-state index contributed by atoms with van der Waals surface area (Å²) < 4.78 is 17.0. The molecule has 0 spiro atoms. The van der Waals surface area contributed by atoms with Gasteiger partial charge in [0.05, 0.1) is 0 Å². The first-order chi connectivity index (χ1) is 38.0. The van der Waals surface area contributed by atoms with Gasteiger partial charge in [-0.25, -0.2) is 0 Å². The van der Waals surface area contributed by atoms with Crippen molar-refractivity contribution in [3.63, 3.8) is 0 Å². The van der Waals surface area contributed by atoms with Crippen LogP contribution < -0.4 is 0 Å². The van der Waals surface area contributed by atoms with Gasteiger partial charge in [0.2, 0.25) is 0 Å². The number of hydrogen-bond acceptors (Lipinski definition) is 6. The van der Waals surface area contributed by atoms with Crippen LogP contribution in [0.2, 0.25) is 0 Å². The second-order valence-electron chi connectivity index (χ2n) is 22.7. The molecule has 0 aromatic heterocycles. The fourth-order valence-corrected chi connectivity index (χ4v) is 9.89. The Morgan fingerprint density at radius 1 is 0.260 bits per heavy atom. The zero-order chi connectivity index (χ0) is 55.7. The van der Waals surface area contributed by atoms with Crippen LogP contribution in [0.1, 0.15) is 355 Å². The first-order valence-electron chi connectivity index (χ1n) is 33.8. The Hall–Kier alpha value is -2.89. The molecule has 0 rings (SSSR count). The number of carbonyl (C=O) groups is 3. The molecule has 0 aliphatic rings. The second-order valence-corrected chi connectivity index (χ2v) is 22.7. The third-order valence-corrected chi connectivity index (χ3v) is 15.0. The van der Waals surface area contributed by atoms with Crippen molar-refractivity contribution in [1.82, 2.24) is 0 Å². The number of esters is 3. The second kappa shape index (κ2) is 65.6. The highest BCUT2D eigenvalue weighted by Gasteiger charge is 2.19. The van der Waals surface area contributed by atoms with Crippen molar-refractivity contribution in [1.29, 1.82) is 0 Å². The molecule has 1 atom stereocenters. The molecule has 0 fully saturated rings. The van der Waals surface area contributed by atoms with Gasteiger partial charge >= 0.3 is 17.9 Å². The van der Waals surface area contributed by atoms with E-state index < -0.39 is 6.10 Å². The Balaban J connectivity index is 4.34. The molecule has 77 heavy (non-hydrogen) atoms. The van der Waals surface area contributed by atoms with Gasteiger partial charge in [-0.05, 0) is 89.9 Å². The molecule has 0 aliphatic heterocycles. The molecule has 0 aromatic carbocycles. The molecule has 0 amide bonds. The van der Waals surface area contributed by atoms with Gasteiger partial charge in [0.15, 0.2) is 6.10 Å². The van der Waals surface area contributed by atoms with E-state index in [9.17, 15) is 14.4 Å². The van der Waals surface area contributed by atoms with E-state index in [2.05, 4.69) is 81.5 Å². The molecule has 6 nitrogen and oxygen atoms in total. The van der Waals surface area contributed by atoms with E-state index in [4.69, 9.17) is 14.2 Å². The first kappa shape index (κ1) is 74.1. The third kappa shape index (κ3) is 63.8. The van der Waals surface area contributed by atoms with Crippen LogP contribution in [0.4, 0.5) is 0 Å². The highest BCUT2D eigenvalue weighted by Crippen LogP contribution is 2.17. The topological polar surface area (TPSA) is 78.9 Å². The molecule has 0 saturated heterocycles. The van der Waals surface area contributed by atoms with E-state index in [0.717, 1.165) is 103 Å². The summed E-state index contributed by atoms with van der Waals surface area (Å²) in [5.74, 6) is -0.888. The van der Waals surface area contributed by atoms with Crippen LogP contribution in [-0.2, 0) is 28.6 Å². The van der Waals surface area contributed by atoms with Gasteiger partial charge in [-0.2, -0.15) is 0 Å². The Morgan fingerprint density at radius 2 is 0.468 bits per heavy atom. The molecule has 6 heteroatoms. The lowest BCUT2D eigenvalue weighted by molar-refractivity contribution is -0.167. The number of ether oxygens (including phenoxy) is 3. The van der Waals surface area contributed by atoms with Crippen molar-refractivity contribution in [3.05, 3.63) is 60.8 Å². The quantitative estimate of drug-likeness (QED) is 0.0261. The molecule has 448 valence electrons. The van der Waals surface area contributed by atoms with Crippen LogP contribution in [-0.4, -0.2) is 37.2 Å². The van der Waals surface area contributed by atoms with Crippen molar-refractivity contribution >= 4 is 17.9 Å². The number of rotatable bonds is 62. The summed E-state index contributed by atoms with van der Waals surface area (Å²) in [6, 6.07) is 0. The minimum Gasteiger partial charge on any atom is -0.462 e. The lowest BCUT2D eigenvalue weighted by atomic mass is 10.0. The Morgan fingerprint density at radius 3 is 0.753 bits per heavy atom. The molecule has 0 saturated carbocycles. The smallest absolute Gasteiger partial charge is 0.306 e. The van der Waals surface area contributed by atoms with Crippen LogP contribution in [0.3, 0.4) is 0 Å². The monoisotopic (exact) mass is 1080 g/mol. The average molecular weight is 1080 g/mol. The van der Waals surface area contributed by atoms with Crippen molar-refractivity contribution in [3.8, 4) is 0 Å². The Kier molecular flexibility index (Phi) is 63.2. The lowest BCUT2D eigenvalue weighted by Crippen LogP contribution is -2.30. The molecule has 1 unspecified atom stereocenters. The third-order valence-electron chi connectivity index (χ3n) is 15.0. The van der Waals surface area contributed by atoms with E-state index in [1.807, 2.05) is 0 Å². The fraction of sp³-hybridized carbons (Fsp3) is 0.817. The summed E-state index contributed by atoms with van der Waals surface area (Å²) >= 11 is 0. The van der Waals surface area contributed by atoms with E-state index >= 15 is 0 Å². The van der Waals surface area contributed by atoms with Gasteiger partial charge in [0, 0.05) is 19.3 Å².